The Balaban J connectivity index is 2.10. The molecule has 0 aromatic heterocycles. The lowest BCUT2D eigenvalue weighted by Gasteiger charge is -2.41. The molecule has 25 heavy (non-hydrogen) atoms. The summed E-state index contributed by atoms with van der Waals surface area (Å²) in [6.07, 6.45) is -6.09. The molecule has 1 aliphatic rings. The van der Waals surface area contributed by atoms with E-state index in [9.17, 15) is 19.8 Å². The maximum atomic E-state index is 11.2. The molecular formula is C17H22O8. The lowest BCUT2D eigenvalue weighted by Crippen LogP contribution is -2.60. The van der Waals surface area contributed by atoms with Gasteiger partial charge >= 0.3 is 11.9 Å². The average Bonchev–Trinajstić information content (AvgIpc) is 2.56. The molecule has 1 aromatic carbocycles. The SMILES string of the molecule is CC(=O)OC[C@H]1O[C@@H](O)[C@H](OC(C)=O)[C@@H](O)[C@@H]1OCc1ccccc1. The molecule has 0 amide bonds. The summed E-state index contributed by atoms with van der Waals surface area (Å²) in [6.45, 7) is 2.34. The number of benzene rings is 1. The first-order chi connectivity index (χ1) is 11.9. The average molecular weight is 354 g/mol. The zero-order chi connectivity index (χ0) is 18.4. The number of carbonyl (C=O) groups excluding carboxylic acids is 2. The van der Waals surface area contributed by atoms with E-state index in [2.05, 4.69) is 0 Å². The number of carbonyl (C=O) groups is 2. The van der Waals surface area contributed by atoms with E-state index in [0.717, 1.165) is 12.5 Å². The van der Waals surface area contributed by atoms with Gasteiger partial charge < -0.3 is 29.2 Å². The van der Waals surface area contributed by atoms with E-state index in [1.807, 2.05) is 30.3 Å². The molecular weight excluding hydrogens is 332 g/mol. The van der Waals surface area contributed by atoms with E-state index in [1.54, 1.807) is 0 Å². The number of aliphatic hydroxyl groups excluding tert-OH is 2. The van der Waals surface area contributed by atoms with Gasteiger partial charge in [-0.1, -0.05) is 30.3 Å². The minimum Gasteiger partial charge on any atom is -0.463 e. The van der Waals surface area contributed by atoms with Gasteiger partial charge in [0.1, 0.15) is 24.9 Å². The van der Waals surface area contributed by atoms with Crippen molar-refractivity contribution in [2.75, 3.05) is 6.61 Å². The van der Waals surface area contributed by atoms with Gasteiger partial charge in [-0.2, -0.15) is 0 Å². The quantitative estimate of drug-likeness (QED) is 0.694. The molecule has 8 heteroatoms. The molecule has 138 valence electrons. The molecule has 1 aromatic rings. The van der Waals surface area contributed by atoms with Gasteiger partial charge in [-0.25, -0.2) is 0 Å². The van der Waals surface area contributed by atoms with Crippen LogP contribution < -0.4 is 0 Å². The van der Waals surface area contributed by atoms with Crippen LogP contribution in [0.5, 0.6) is 0 Å². The van der Waals surface area contributed by atoms with Crippen LogP contribution in [0.25, 0.3) is 0 Å². The Morgan fingerprint density at radius 1 is 1.08 bits per heavy atom. The van der Waals surface area contributed by atoms with Crippen LogP contribution >= 0.6 is 0 Å². The van der Waals surface area contributed by atoms with Crippen LogP contribution in [-0.4, -0.2) is 59.5 Å². The molecule has 0 spiro atoms. The smallest absolute Gasteiger partial charge is 0.303 e. The van der Waals surface area contributed by atoms with Gasteiger partial charge in [0.15, 0.2) is 12.4 Å². The van der Waals surface area contributed by atoms with Crippen LogP contribution in [0, 0.1) is 0 Å². The molecule has 0 radical (unpaired) electrons. The van der Waals surface area contributed by atoms with Crippen molar-refractivity contribution in [3.05, 3.63) is 35.9 Å². The van der Waals surface area contributed by atoms with Crippen LogP contribution in [0.2, 0.25) is 0 Å². The van der Waals surface area contributed by atoms with E-state index < -0.39 is 42.6 Å². The molecule has 0 aliphatic carbocycles. The van der Waals surface area contributed by atoms with Gasteiger partial charge in [0, 0.05) is 13.8 Å². The number of hydrogen-bond acceptors (Lipinski definition) is 8. The second-order valence-corrected chi connectivity index (χ2v) is 5.69. The van der Waals surface area contributed by atoms with Gasteiger partial charge in [-0.05, 0) is 5.56 Å². The zero-order valence-corrected chi connectivity index (χ0v) is 14.0. The van der Waals surface area contributed by atoms with Crippen molar-refractivity contribution in [2.45, 2.75) is 51.2 Å². The molecule has 1 fully saturated rings. The Bertz CT molecular complexity index is 573. The number of aliphatic hydroxyl groups is 2. The van der Waals surface area contributed by atoms with E-state index in [-0.39, 0.29) is 13.2 Å². The fourth-order valence-corrected chi connectivity index (χ4v) is 2.54. The van der Waals surface area contributed by atoms with Crippen LogP contribution in [0.4, 0.5) is 0 Å². The minimum absolute atomic E-state index is 0.158. The van der Waals surface area contributed by atoms with Gasteiger partial charge in [-0.3, -0.25) is 9.59 Å². The number of ether oxygens (including phenoxy) is 4. The maximum absolute atomic E-state index is 11.2. The highest BCUT2D eigenvalue weighted by atomic mass is 16.7. The normalized spacial score (nSPS) is 29.0. The first-order valence-corrected chi connectivity index (χ1v) is 7.86. The van der Waals surface area contributed by atoms with Crippen molar-refractivity contribution >= 4 is 11.9 Å². The summed E-state index contributed by atoms with van der Waals surface area (Å²) in [6, 6.07) is 9.23. The fraction of sp³-hybridized carbons (Fsp3) is 0.529. The summed E-state index contributed by atoms with van der Waals surface area (Å²) in [4.78, 5) is 22.2. The van der Waals surface area contributed by atoms with Gasteiger partial charge in [-0.15, -0.1) is 0 Å². The van der Waals surface area contributed by atoms with Crippen molar-refractivity contribution in [3.8, 4) is 0 Å². The van der Waals surface area contributed by atoms with Crippen molar-refractivity contribution in [2.24, 2.45) is 0 Å². The third-order valence-corrected chi connectivity index (χ3v) is 3.67. The predicted octanol–water partition coefficient (Wildman–Crippen LogP) is 0.145. The summed E-state index contributed by atoms with van der Waals surface area (Å²) in [5.41, 5.74) is 0.857. The van der Waals surface area contributed by atoms with Gasteiger partial charge in [0.05, 0.1) is 6.61 Å². The number of rotatable bonds is 6. The molecule has 0 saturated carbocycles. The summed E-state index contributed by atoms with van der Waals surface area (Å²) in [5, 5.41) is 20.5. The largest absolute Gasteiger partial charge is 0.463 e. The zero-order valence-electron chi connectivity index (χ0n) is 14.0. The molecule has 0 bridgehead atoms. The minimum atomic E-state index is -1.56. The molecule has 2 rings (SSSR count). The third kappa shape index (κ3) is 5.50. The first-order valence-electron chi connectivity index (χ1n) is 7.86. The van der Waals surface area contributed by atoms with Crippen molar-refractivity contribution < 1.29 is 38.7 Å². The second-order valence-electron chi connectivity index (χ2n) is 5.69. The molecule has 0 unspecified atom stereocenters. The van der Waals surface area contributed by atoms with E-state index in [1.165, 1.54) is 6.92 Å². The summed E-state index contributed by atoms with van der Waals surface area (Å²) in [5.74, 6) is -1.21. The third-order valence-electron chi connectivity index (χ3n) is 3.67. The Hall–Kier alpha value is -2.00. The van der Waals surface area contributed by atoms with Gasteiger partial charge in [0.2, 0.25) is 0 Å². The van der Waals surface area contributed by atoms with Gasteiger partial charge in [0.25, 0.3) is 0 Å². The van der Waals surface area contributed by atoms with Crippen LogP contribution in [0.15, 0.2) is 30.3 Å². The van der Waals surface area contributed by atoms with Crippen LogP contribution in [0.1, 0.15) is 19.4 Å². The highest BCUT2D eigenvalue weighted by Crippen LogP contribution is 2.26. The molecule has 5 atom stereocenters. The fourth-order valence-electron chi connectivity index (χ4n) is 2.54. The molecule has 1 heterocycles. The molecule has 8 nitrogen and oxygen atoms in total. The summed E-state index contributed by atoms with van der Waals surface area (Å²) >= 11 is 0. The van der Waals surface area contributed by atoms with Crippen molar-refractivity contribution in [1.29, 1.82) is 0 Å². The Labute approximate surface area is 145 Å². The van der Waals surface area contributed by atoms with E-state index in [4.69, 9.17) is 18.9 Å². The van der Waals surface area contributed by atoms with E-state index >= 15 is 0 Å². The topological polar surface area (TPSA) is 112 Å². The monoisotopic (exact) mass is 354 g/mol. The lowest BCUT2D eigenvalue weighted by atomic mass is 9.98. The van der Waals surface area contributed by atoms with Crippen molar-refractivity contribution in [1.82, 2.24) is 0 Å². The van der Waals surface area contributed by atoms with Crippen molar-refractivity contribution in [3.63, 3.8) is 0 Å². The Morgan fingerprint density at radius 3 is 2.36 bits per heavy atom. The second kappa shape index (κ2) is 8.91. The number of esters is 2. The Morgan fingerprint density at radius 2 is 1.76 bits per heavy atom. The Kier molecular flexibility index (Phi) is 6.89. The molecule has 1 aliphatic heterocycles. The molecule has 1 saturated heterocycles. The van der Waals surface area contributed by atoms with Crippen LogP contribution in [0.3, 0.4) is 0 Å². The molecule has 2 N–H and O–H groups in total. The van der Waals surface area contributed by atoms with E-state index in [0.29, 0.717) is 0 Å². The first kappa shape index (κ1) is 19.3. The summed E-state index contributed by atoms with van der Waals surface area (Å²) in [7, 11) is 0. The predicted molar refractivity (Wildman–Crippen MR) is 84.1 cm³/mol. The number of hydrogen-bond donors (Lipinski definition) is 2. The standard InChI is InChI=1S/C17H22O8/c1-10(18)22-9-13-15(23-8-12-6-4-3-5-7-12)14(20)16(17(21)25-13)24-11(2)19/h3-7,13-17,20-21H,8-9H2,1-2H3/t13-,14+,15-,16-,17-/m1/s1. The maximum Gasteiger partial charge on any atom is 0.303 e. The summed E-state index contributed by atoms with van der Waals surface area (Å²) < 4.78 is 20.9. The van der Waals surface area contributed by atoms with Crippen LogP contribution in [-0.2, 0) is 35.1 Å². The lowest BCUT2D eigenvalue weighted by molar-refractivity contribution is -0.299. The highest BCUT2D eigenvalue weighted by Gasteiger charge is 2.47. The highest BCUT2D eigenvalue weighted by molar-refractivity contribution is 5.66.